The van der Waals surface area contributed by atoms with Gasteiger partial charge in [0, 0.05) is 31.1 Å². The predicted molar refractivity (Wildman–Crippen MR) is 100 cm³/mol. The van der Waals surface area contributed by atoms with Gasteiger partial charge in [-0.2, -0.15) is 4.31 Å². The molecular weight excluding hydrogens is 360 g/mol. The first-order valence-corrected chi connectivity index (χ1v) is 10.6. The van der Waals surface area contributed by atoms with Crippen LogP contribution in [-0.4, -0.2) is 38.3 Å². The number of nitrogens with zero attached hydrogens (tertiary/aromatic N) is 1. The van der Waals surface area contributed by atoms with E-state index in [-0.39, 0.29) is 16.7 Å². The van der Waals surface area contributed by atoms with Crippen LogP contribution in [0.3, 0.4) is 0 Å². The number of benzene rings is 1. The van der Waals surface area contributed by atoms with E-state index in [1.165, 1.54) is 16.4 Å². The fourth-order valence-electron chi connectivity index (χ4n) is 2.94. The Hall–Kier alpha value is -1.11. The van der Waals surface area contributed by atoms with Crippen LogP contribution in [0, 0.1) is 11.8 Å². The summed E-state index contributed by atoms with van der Waals surface area (Å²) in [5.41, 5.74) is 0. The molecule has 1 fully saturated rings. The Morgan fingerprint density at radius 1 is 1.24 bits per heavy atom. The maximum absolute atomic E-state index is 12.6. The highest BCUT2D eigenvalue weighted by molar-refractivity contribution is 7.89. The second-order valence-corrected chi connectivity index (χ2v) is 9.41. The number of hydrogen-bond acceptors (Lipinski definition) is 3. The molecule has 7 heteroatoms. The van der Waals surface area contributed by atoms with Crippen molar-refractivity contribution < 1.29 is 13.2 Å². The minimum Gasteiger partial charge on any atom is -0.356 e. The Morgan fingerprint density at radius 2 is 1.84 bits per heavy atom. The van der Waals surface area contributed by atoms with Gasteiger partial charge in [0.2, 0.25) is 15.9 Å². The van der Waals surface area contributed by atoms with Crippen LogP contribution in [-0.2, 0) is 14.8 Å². The van der Waals surface area contributed by atoms with Gasteiger partial charge >= 0.3 is 0 Å². The Morgan fingerprint density at radius 3 is 2.40 bits per heavy atom. The number of hydrogen-bond donors (Lipinski definition) is 1. The number of rotatable bonds is 7. The molecule has 1 N–H and O–H groups in total. The van der Waals surface area contributed by atoms with Gasteiger partial charge in [-0.25, -0.2) is 8.42 Å². The molecule has 0 bridgehead atoms. The Kier molecular flexibility index (Phi) is 7.28. The molecule has 2 rings (SSSR count). The average Bonchev–Trinajstić information content (AvgIpc) is 2.55. The van der Waals surface area contributed by atoms with Gasteiger partial charge in [-0.1, -0.05) is 25.4 Å². The van der Waals surface area contributed by atoms with E-state index in [1.54, 1.807) is 12.1 Å². The first kappa shape index (κ1) is 20.2. The molecule has 0 saturated carbocycles. The first-order valence-electron chi connectivity index (χ1n) is 8.81. The van der Waals surface area contributed by atoms with Crippen molar-refractivity contribution in [3.05, 3.63) is 29.3 Å². The van der Waals surface area contributed by atoms with Gasteiger partial charge in [0.25, 0.3) is 0 Å². The molecule has 0 spiro atoms. The van der Waals surface area contributed by atoms with Gasteiger partial charge in [-0.3, -0.25) is 4.79 Å². The summed E-state index contributed by atoms with van der Waals surface area (Å²) >= 11 is 5.82. The van der Waals surface area contributed by atoms with Crippen LogP contribution in [0.5, 0.6) is 0 Å². The van der Waals surface area contributed by atoms with E-state index in [1.807, 2.05) is 0 Å². The number of piperidine rings is 1. The van der Waals surface area contributed by atoms with Crippen molar-refractivity contribution in [3.63, 3.8) is 0 Å². The first-order chi connectivity index (χ1) is 11.8. The average molecular weight is 387 g/mol. The summed E-state index contributed by atoms with van der Waals surface area (Å²) < 4.78 is 26.8. The molecule has 0 radical (unpaired) electrons. The van der Waals surface area contributed by atoms with Crippen molar-refractivity contribution in [1.82, 2.24) is 9.62 Å². The summed E-state index contributed by atoms with van der Waals surface area (Å²) in [4.78, 5) is 12.2. The molecular formula is C18H27ClN2O3S. The molecule has 25 heavy (non-hydrogen) atoms. The lowest BCUT2D eigenvalue weighted by Gasteiger charge is -2.31. The van der Waals surface area contributed by atoms with Crippen molar-refractivity contribution in [2.45, 2.75) is 44.4 Å². The Labute approximate surface area is 155 Å². The van der Waals surface area contributed by atoms with Crippen LogP contribution in [0.15, 0.2) is 29.2 Å². The summed E-state index contributed by atoms with van der Waals surface area (Å²) in [5.74, 6) is 0.886. The van der Waals surface area contributed by atoms with E-state index < -0.39 is 10.0 Å². The standard InChI is InChI=1S/C18H27ClN2O3S/c1-14(2)7-10-20-18(22)13-15-8-11-21(12-9-15)25(23,24)17-5-3-16(19)4-6-17/h3-6,14-15H,7-13H2,1-2H3,(H,20,22). The van der Waals surface area contributed by atoms with Crippen molar-refractivity contribution in [2.24, 2.45) is 11.8 Å². The van der Waals surface area contributed by atoms with Gasteiger partial charge in [-0.05, 0) is 55.4 Å². The quantitative estimate of drug-likeness (QED) is 0.781. The third kappa shape index (κ3) is 5.97. The summed E-state index contributed by atoms with van der Waals surface area (Å²) in [6.45, 7) is 5.87. The lowest BCUT2D eigenvalue weighted by atomic mass is 9.94. The topological polar surface area (TPSA) is 66.5 Å². The number of sulfonamides is 1. The monoisotopic (exact) mass is 386 g/mol. The number of carbonyl (C=O) groups excluding carboxylic acids is 1. The van der Waals surface area contributed by atoms with Crippen molar-refractivity contribution in [1.29, 1.82) is 0 Å². The normalized spacial score (nSPS) is 17.0. The minimum absolute atomic E-state index is 0.0691. The smallest absolute Gasteiger partial charge is 0.243 e. The fraction of sp³-hybridized carbons (Fsp3) is 0.611. The van der Waals surface area contributed by atoms with Gasteiger partial charge in [-0.15, -0.1) is 0 Å². The minimum atomic E-state index is -3.48. The van der Waals surface area contributed by atoms with Gasteiger partial charge in [0.05, 0.1) is 4.90 Å². The van der Waals surface area contributed by atoms with E-state index in [0.717, 1.165) is 6.42 Å². The molecule has 1 aliphatic heterocycles. The zero-order valence-corrected chi connectivity index (χ0v) is 16.4. The molecule has 1 aliphatic rings. The third-order valence-electron chi connectivity index (χ3n) is 4.54. The van der Waals surface area contributed by atoms with E-state index in [0.29, 0.717) is 49.8 Å². The lowest BCUT2D eigenvalue weighted by molar-refractivity contribution is -0.122. The largest absolute Gasteiger partial charge is 0.356 e. The molecule has 1 aromatic carbocycles. The summed E-state index contributed by atoms with van der Waals surface area (Å²) in [6.07, 6.45) is 2.88. The molecule has 0 atom stereocenters. The van der Waals surface area contributed by atoms with Crippen molar-refractivity contribution in [2.75, 3.05) is 19.6 Å². The van der Waals surface area contributed by atoms with E-state index in [2.05, 4.69) is 19.2 Å². The summed E-state index contributed by atoms with van der Waals surface area (Å²) in [7, 11) is -3.48. The van der Waals surface area contributed by atoms with E-state index in [4.69, 9.17) is 11.6 Å². The molecule has 140 valence electrons. The molecule has 0 aliphatic carbocycles. The molecule has 5 nitrogen and oxygen atoms in total. The van der Waals surface area contributed by atoms with E-state index in [9.17, 15) is 13.2 Å². The maximum Gasteiger partial charge on any atom is 0.243 e. The highest BCUT2D eigenvalue weighted by Crippen LogP contribution is 2.26. The second-order valence-electron chi connectivity index (χ2n) is 7.04. The SMILES string of the molecule is CC(C)CCNC(=O)CC1CCN(S(=O)(=O)c2ccc(Cl)cc2)CC1. The van der Waals surface area contributed by atoms with Crippen molar-refractivity contribution in [3.8, 4) is 0 Å². The fourth-order valence-corrected chi connectivity index (χ4v) is 4.54. The van der Waals surface area contributed by atoms with Crippen LogP contribution in [0.25, 0.3) is 0 Å². The molecule has 0 aromatic heterocycles. The van der Waals surface area contributed by atoms with Crippen LogP contribution in [0.4, 0.5) is 0 Å². The van der Waals surface area contributed by atoms with Gasteiger partial charge in [0.1, 0.15) is 0 Å². The number of nitrogens with one attached hydrogen (secondary N) is 1. The Bertz CT molecular complexity index is 666. The third-order valence-corrected chi connectivity index (χ3v) is 6.71. The number of halogens is 1. The predicted octanol–water partition coefficient (Wildman–Crippen LogP) is 3.29. The summed E-state index contributed by atoms with van der Waals surface area (Å²) in [5, 5.41) is 3.47. The van der Waals surface area contributed by atoms with Crippen LogP contribution in [0.2, 0.25) is 5.02 Å². The zero-order valence-electron chi connectivity index (χ0n) is 14.9. The Balaban J connectivity index is 1.82. The number of carbonyl (C=O) groups is 1. The summed E-state index contributed by atoms with van der Waals surface area (Å²) in [6, 6.07) is 6.24. The number of amides is 1. The molecule has 1 saturated heterocycles. The van der Waals surface area contributed by atoms with E-state index >= 15 is 0 Å². The van der Waals surface area contributed by atoms with Crippen molar-refractivity contribution >= 4 is 27.5 Å². The van der Waals surface area contributed by atoms with Crippen LogP contribution >= 0.6 is 11.6 Å². The lowest BCUT2D eigenvalue weighted by Crippen LogP contribution is -2.39. The van der Waals surface area contributed by atoms with Crippen LogP contribution in [0.1, 0.15) is 39.5 Å². The highest BCUT2D eigenvalue weighted by Gasteiger charge is 2.30. The van der Waals surface area contributed by atoms with Gasteiger partial charge in [0.15, 0.2) is 0 Å². The molecule has 1 heterocycles. The molecule has 1 aromatic rings. The van der Waals surface area contributed by atoms with Crippen LogP contribution < -0.4 is 5.32 Å². The molecule has 0 unspecified atom stereocenters. The zero-order chi connectivity index (χ0) is 18.4. The highest BCUT2D eigenvalue weighted by atomic mass is 35.5. The molecule has 1 amide bonds. The maximum atomic E-state index is 12.6. The second kappa shape index (κ2) is 9.01. The van der Waals surface area contributed by atoms with Gasteiger partial charge < -0.3 is 5.32 Å².